The van der Waals surface area contributed by atoms with Crippen LogP contribution in [0, 0.1) is 11.6 Å². The van der Waals surface area contributed by atoms with Gasteiger partial charge in [-0.1, -0.05) is 0 Å². The molecule has 0 radical (unpaired) electrons. The van der Waals surface area contributed by atoms with Crippen LogP contribution in [-0.2, 0) is 0 Å². The van der Waals surface area contributed by atoms with Gasteiger partial charge < -0.3 is 0 Å². The number of benzene rings is 1. The molecule has 0 atom stereocenters. The number of hydrogen-bond acceptors (Lipinski definition) is 2. The van der Waals surface area contributed by atoms with E-state index in [-0.39, 0.29) is 11.1 Å². The summed E-state index contributed by atoms with van der Waals surface area (Å²) in [4.78, 5) is 21.8. The van der Waals surface area contributed by atoms with E-state index in [1.54, 1.807) is 0 Å². The number of fused-ring (bicyclic) bond motifs is 1. The average molecular weight is 183 g/mol. The van der Waals surface area contributed by atoms with Crippen molar-refractivity contribution in [2.45, 2.75) is 0 Å². The smallest absolute Gasteiger partial charge is 0.259 e. The van der Waals surface area contributed by atoms with Crippen molar-refractivity contribution in [3.05, 3.63) is 34.9 Å². The second-order valence-corrected chi connectivity index (χ2v) is 2.60. The number of carbonyl (C=O) groups excluding carboxylic acids is 2. The number of rotatable bonds is 0. The minimum atomic E-state index is -1.14. The van der Waals surface area contributed by atoms with E-state index in [4.69, 9.17) is 0 Å². The molecule has 1 N–H and O–H groups in total. The molecule has 5 heteroatoms. The molecule has 2 amide bonds. The lowest BCUT2D eigenvalue weighted by Gasteiger charge is -1.95. The third-order valence-corrected chi connectivity index (χ3v) is 1.78. The quantitative estimate of drug-likeness (QED) is 0.606. The first kappa shape index (κ1) is 7.85. The van der Waals surface area contributed by atoms with Gasteiger partial charge in [-0.05, 0) is 12.1 Å². The Balaban J connectivity index is 2.72. The highest BCUT2D eigenvalue weighted by molar-refractivity contribution is 6.21. The molecule has 3 nitrogen and oxygen atoms in total. The number of hydrogen-bond donors (Lipinski definition) is 1. The van der Waals surface area contributed by atoms with Gasteiger partial charge in [0.1, 0.15) is 0 Å². The van der Waals surface area contributed by atoms with Gasteiger partial charge in [0.05, 0.1) is 11.1 Å². The molecule has 13 heavy (non-hydrogen) atoms. The van der Waals surface area contributed by atoms with Gasteiger partial charge in [0.2, 0.25) is 0 Å². The van der Waals surface area contributed by atoms with Gasteiger partial charge in [-0.3, -0.25) is 14.9 Å². The van der Waals surface area contributed by atoms with Crippen molar-refractivity contribution in [2.75, 3.05) is 0 Å². The van der Waals surface area contributed by atoms with Gasteiger partial charge in [-0.25, -0.2) is 8.78 Å². The van der Waals surface area contributed by atoms with E-state index in [1.165, 1.54) is 0 Å². The molecule has 0 saturated carbocycles. The van der Waals surface area contributed by atoms with Crippen molar-refractivity contribution in [3.63, 3.8) is 0 Å². The van der Waals surface area contributed by atoms with Crippen molar-refractivity contribution in [1.82, 2.24) is 5.32 Å². The molecule has 1 aromatic carbocycles. The minimum Gasteiger partial charge on any atom is -0.288 e. The lowest BCUT2D eigenvalue weighted by molar-refractivity contribution is 0.0879. The molecule has 66 valence electrons. The molecule has 0 unspecified atom stereocenters. The third-order valence-electron chi connectivity index (χ3n) is 1.78. The summed E-state index contributed by atoms with van der Waals surface area (Å²) in [6, 6.07) is 1.43. The minimum absolute atomic E-state index is 0.121. The van der Waals surface area contributed by atoms with E-state index >= 15 is 0 Å². The van der Waals surface area contributed by atoms with Gasteiger partial charge in [0.15, 0.2) is 11.6 Å². The van der Waals surface area contributed by atoms with Crippen molar-refractivity contribution in [3.8, 4) is 0 Å². The molecule has 1 heterocycles. The lowest BCUT2D eigenvalue weighted by Crippen LogP contribution is -2.19. The molecule has 2 rings (SSSR count). The molecule has 0 bridgehead atoms. The normalized spacial score (nSPS) is 14.3. The summed E-state index contributed by atoms with van der Waals surface area (Å²) in [5.41, 5.74) is -0.243. The Morgan fingerprint density at radius 1 is 0.923 bits per heavy atom. The van der Waals surface area contributed by atoms with Crippen LogP contribution in [0.4, 0.5) is 8.78 Å². The maximum absolute atomic E-state index is 12.6. The Bertz CT molecular complexity index is 389. The first-order valence-corrected chi connectivity index (χ1v) is 3.44. The highest BCUT2D eigenvalue weighted by Crippen LogP contribution is 2.18. The molecule has 0 aliphatic carbocycles. The molecule has 0 spiro atoms. The Morgan fingerprint density at radius 2 is 1.31 bits per heavy atom. The summed E-state index contributed by atoms with van der Waals surface area (Å²) in [6.07, 6.45) is 0. The highest BCUT2D eigenvalue weighted by atomic mass is 19.2. The van der Waals surface area contributed by atoms with E-state index in [0.29, 0.717) is 12.1 Å². The Morgan fingerprint density at radius 3 is 1.69 bits per heavy atom. The number of imide groups is 1. The monoisotopic (exact) mass is 183 g/mol. The summed E-state index contributed by atoms with van der Waals surface area (Å²) in [6.45, 7) is 0. The van der Waals surface area contributed by atoms with Crippen LogP contribution in [0.5, 0.6) is 0 Å². The highest BCUT2D eigenvalue weighted by Gasteiger charge is 2.28. The first-order chi connectivity index (χ1) is 6.09. The molecular formula is C8H3F2NO2. The second kappa shape index (κ2) is 2.35. The van der Waals surface area contributed by atoms with E-state index in [1.807, 2.05) is 5.32 Å². The van der Waals surface area contributed by atoms with Crippen molar-refractivity contribution >= 4 is 11.8 Å². The van der Waals surface area contributed by atoms with Gasteiger partial charge in [-0.2, -0.15) is 0 Å². The maximum atomic E-state index is 12.6. The number of amides is 2. The predicted molar refractivity (Wildman–Crippen MR) is 38.2 cm³/mol. The predicted octanol–water partition coefficient (Wildman–Crippen LogP) is 0.848. The van der Waals surface area contributed by atoms with Crippen molar-refractivity contribution < 1.29 is 18.4 Å². The third kappa shape index (κ3) is 1.00. The first-order valence-electron chi connectivity index (χ1n) is 3.44. The summed E-state index contributed by atoms with van der Waals surface area (Å²) in [7, 11) is 0. The largest absolute Gasteiger partial charge is 0.288 e. The van der Waals surface area contributed by atoms with Crippen LogP contribution in [0.15, 0.2) is 12.1 Å². The van der Waals surface area contributed by atoms with E-state index in [9.17, 15) is 18.4 Å². The number of nitrogens with one attached hydrogen (secondary N) is 1. The number of halogens is 2. The number of carbonyl (C=O) groups is 2. The van der Waals surface area contributed by atoms with Gasteiger partial charge in [0, 0.05) is 0 Å². The van der Waals surface area contributed by atoms with E-state index < -0.39 is 23.4 Å². The van der Waals surface area contributed by atoms with Gasteiger partial charge in [-0.15, -0.1) is 0 Å². The van der Waals surface area contributed by atoms with Crippen LogP contribution < -0.4 is 5.32 Å². The molecule has 0 fully saturated rings. The van der Waals surface area contributed by atoms with Crippen molar-refractivity contribution in [2.24, 2.45) is 0 Å². The second-order valence-electron chi connectivity index (χ2n) is 2.60. The van der Waals surface area contributed by atoms with Crippen LogP contribution in [0.1, 0.15) is 20.7 Å². The van der Waals surface area contributed by atoms with Crippen LogP contribution in [-0.4, -0.2) is 11.8 Å². The zero-order chi connectivity index (χ0) is 9.59. The summed E-state index contributed by atoms with van der Waals surface area (Å²) < 4.78 is 25.2. The molecule has 1 aliphatic heterocycles. The van der Waals surface area contributed by atoms with Crippen molar-refractivity contribution in [1.29, 1.82) is 0 Å². The fraction of sp³-hybridized carbons (Fsp3) is 0. The van der Waals surface area contributed by atoms with E-state index in [2.05, 4.69) is 0 Å². The van der Waals surface area contributed by atoms with Crippen LogP contribution in [0.2, 0.25) is 0 Å². The Labute approximate surface area is 71.4 Å². The van der Waals surface area contributed by atoms with Crippen LogP contribution in [0.3, 0.4) is 0 Å². The molecule has 0 saturated heterocycles. The van der Waals surface area contributed by atoms with Crippen LogP contribution >= 0.6 is 0 Å². The molecule has 1 aliphatic rings. The fourth-order valence-corrected chi connectivity index (χ4v) is 1.16. The zero-order valence-corrected chi connectivity index (χ0v) is 6.23. The molecule has 0 aromatic heterocycles. The van der Waals surface area contributed by atoms with Crippen LogP contribution in [0.25, 0.3) is 0 Å². The summed E-state index contributed by atoms with van der Waals surface area (Å²) in [5.74, 6) is -3.66. The summed E-state index contributed by atoms with van der Waals surface area (Å²) in [5, 5.41) is 1.93. The SMILES string of the molecule is O=C1NC(=O)c2cc(F)c(F)cc21. The molecular weight excluding hydrogens is 180 g/mol. The zero-order valence-electron chi connectivity index (χ0n) is 6.23. The van der Waals surface area contributed by atoms with Gasteiger partial charge >= 0.3 is 0 Å². The topological polar surface area (TPSA) is 46.2 Å². The lowest BCUT2D eigenvalue weighted by atomic mass is 10.1. The fourth-order valence-electron chi connectivity index (χ4n) is 1.16. The average Bonchev–Trinajstić information content (AvgIpc) is 2.31. The standard InChI is InChI=1S/C8H3F2NO2/c9-5-1-3-4(2-6(5)10)8(13)11-7(3)12/h1-2H,(H,11,12,13). The Kier molecular flexibility index (Phi) is 1.42. The van der Waals surface area contributed by atoms with E-state index in [0.717, 1.165) is 0 Å². The summed E-state index contributed by atoms with van der Waals surface area (Å²) >= 11 is 0. The Hall–Kier alpha value is -1.78. The maximum Gasteiger partial charge on any atom is 0.259 e. The molecule has 1 aromatic rings. The van der Waals surface area contributed by atoms with Gasteiger partial charge in [0.25, 0.3) is 11.8 Å².